The average molecular weight is 337 g/mol. The summed E-state index contributed by atoms with van der Waals surface area (Å²) in [5, 5.41) is 3.11. The normalized spacial score (nSPS) is 25.0. The molecule has 4 heteroatoms. The Labute approximate surface area is 148 Å². The van der Waals surface area contributed by atoms with Crippen LogP contribution in [-0.4, -0.2) is 18.7 Å². The zero-order valence-electron chi connectivity index (χ0n) is 14.5. The van der Waals surface area contributed by atoms with E-state index in [9.17, 15) is 4.79 Å². The van der Waals surface area contributed by atoms with E-state index in [-0.39, 0.29) is 5.91 Å². The standard InChI is InChI=1S/C21H23NO3/c1-24-17-8-6-15(7-9-17)14-16-10-12-21(13-11-16)22-20(23)18-4-2-3-5-19(18)25-21/h2-9,16H,10-14H2,1H3,(H,22,23). The number of nitrogens with one attached hydrogen (secondary N) is 1. The molecule has 0 bridgehead atoms. The van der Waals surface area contributed by atoms with Crippen molar-refractivity contribution < 1.29 is 14.3 Å². The molecular formula is C21H23NO3. The second-order valence-electron chi connectivity index (χ2n) is 7.04. The van der Waals surface area contributed by atoms with Crippen molar-refractivity contribution in [1.29, 1.82) is 0 Å². The highest BCUT2D eigenvalue weighted by Gasteiger charge is 2.42. The predicted molar refractivity (Wildman–Crippen MR) is 95.9 cm³/mol. The van der Waals surface area contributed by atoms with E-state index < -0.39 is 5.72 Å². The summed E-state index contributed by atoms with van der Waals surface area (Å²) < 4.78 is 11.4. The Morgan fingerprint density at radius 1 is 1.12 bits per heavy atom. The summed E-state index contributed by atoms with van der Waals surface area (Å²) in [6, 6.07) is 15.8. The zero-order valence-corrected chi connectivity index (χ0v) is 14.5. The molecule has 1 spiro atoms. The van der Waals surface area contributed by atoms with E-state index in [1.807, 2.05) is 36.4 Å². The number of rotatable bonds is 3. The van der Waals surface area contributed by atoms with Crippen LogP contribution < -0.4 is 14.8 Å². The van der Waals surface area contributed by atoms with Gasteiger partial charge in [0.15, 0.2) is 5.72 Å². The van der Waals surface area contributed by atoms with E-state index in [0.717, 1.165) is 37.9 Å². The van der Waals surface area contributed by atoms with Gasteiger partial charge in [0.25, 0.3) is 5.91 Å². The number of methoxy groups -OCH3 is 1. The SMILES string of the molecule is COc1ccc(CC2CCC3(CC2)NC(=O)c2ccccc2O3)cc1. The molecule has 1 aliphatic heterocycles. The lowest BCUT2D eigenvalue weighted by Crippen LogP contribution is -2.57. The number of hydrogen-bond acceptors (Lipinski definition) is 3. The van der Waals surface area contributed by atoms with Crippen molar-refractivity contribution in [1.82, 2.24) is 5.32 Å². The van der Waals surface area contributed by atoms with Gasteiger partial charge in [-0.1, -0.05) is 24.3 Å². The molecule has 2 aromatic rings. The first-order valence-corrected chi connectivity index (χ1v) is 8.91. The number of para-hydroxylation sites is 1. The van der Waals surface area contributed by atoms with Crippen LogP contribution in [0.2, 0.25) is 0 Å². The minimum absolute atomic E-state index is 0.0181. The van der Waals surface area contributed by atoms with Crippen LogP contribution in [0, 0.1) is 5.92 Å². The van der Waals surface area contributed by atoms with Crippen molar-refractivity contribution in [3.05, 3.63) is 59.7 Å². The summed E-state index contributed by atoms with van der Waals surface area (Å²) in [5.41, 5.74) is 1.44. The third-order valence-electron chi connectivity index (χ3n) is 5.37. The Balaban J connectivity index is 1.40. The number of amides is 1. The van der Waals surface area contributed by atoms with Gasteiger partial charge in [-0.2, -0.15) is 0 Å². The minimum atomic E-state index is -0.526. The number of benzene rings is 2. The van der Waals surface area contributed by atoms with Crippen LogP contribution >= 0.6 is 0 Å². The molecule has 25 heavy (non-hydrogen) atoms. The van der Waals surface area contributed by atoms with Gasteiger partial charge in [-0.15, -0.1) is 0 Å². The lowest BCUT2D eigenvalue weighted by atomic mass is 9.79. The van der Waals surface area contributed by atoms with E-state index in [0.29, 0.717) is 17.2 Å². The Morgan fingerprint density at radius 2 is 1.84 bits per heavy atom. The van der Waals surface area contributed by atoms with Crippen LogP contribution in [0.3, 0.4) is 0 Å². The summed E-state index contributed by atoms with van der Waals surface area (Å²) in [5.74, 6) is 2.20. The maximum Gasteiger partial charge on any atom is 0.258 e. The van der Waals surface area contributed by atoms with E-state index in [4.69, 9.17) is 9.47 Å². The quantitative estimate of drug-likeness (QED) is 0.922. The highest BCUT2D eigenvalue weighted by atomic mass is 16.5. The molecule has 1 aliphatic carbocycles. The molecule has 0 saturated heterocycles. The van der Waals surface area contributed by atoms with Gasteiger partial charge in [0.2, 0.25) is 0 Å². The zero-order chi connectivity index (χ0) is 17.3. The van der Waals surface area contributed by atoms with Gasteiger partial charge in [0, 0.05) is 12.8 Å². The molecule has 0 unspecified atom stereocenters. The largest absolute Gasteiger partial charge is 0.497 e. The van der Waals surface area contributed by atoms with Crippen molar-refractivity contribution in [2.24, 2.45) is 5.92 Å². The van der Waals surface area contributed by atoms with Gasteiger partial charge in [0.1, 0.15) is 11.5 Å². The van der Waals surface area contributed by atoms with Crippen LogP contribution in [-0.2, 0) is 6.42 Å². The number of ether oxygens (including phenoxy) is 2. The van der Waals surface area contributed by atoms with Crippen molar-refractivity contribution in [2.75, 3.05) is 7.11 Å². The van der Waals surface area contributed by atoms with Crippen LogP contribution in [0.1, 0.15) is 41.6 Å². The molecule has 130 valence electrons. The molecule has 1 heterocycles. The molecule has 1 fully saturated rings. The van der Waals surface area contributed by atoms with Crippen LogP contribution in [0.4, 0.5) is 0 Å². The van der Waals surface area contributed by atoms with Crippen LogP contribution in [0.15, 0.2) is 48.5 Å². The molecule has 0 atom stereocenters. The Kier molecular flexibility index (Phi) is 4.12. The fourth-order valence-corrected chi connectivity index (χ4v) is 3.92. The summed E-state index contributed by atoms with van der Waals surface area (Å²) in [6.07, 6.45) is 4.87. The molecule has 2 aliphatic rings. The fourth-order valence-electron chi connectivity index (χ4n) is 3.92. The lowest BCUT2D eigenvalue weighted by Gasteiger charge is -2.43. The summed E-state index contributed by atoms with van der Waals surface area (Å²) >= 11 is 0. The molecule has 4 nitrogen and oxygen atoms in total. The second kappa shape index (κ2) is 6.43. The van der Waals surface area contributed by atoms with Gasteiger partial charge >= 0.3 is 0 Å². The molecule has 1 N–H and O–H groups in total. The first kappa shape index (κ1) is 16.0. The van der Waals surface area contributed by atoms with Crippen molar-refractivity contribution >= 4 is 5.91 Å². The monoisotopic (exact) mass is 337 g/mol. The van der Waals surface area contributed by atoms with Gasteiger partial charge < -0.3 is 14.8 Å². The third kappa shape index (κ3) is 3.21. The maximum absolute atomic E-state index is 12.4. The Hall–Kier alpha value is -2.49. The first-order chi connectivity index (χ1) is 12.2. The molecule has 4 rings (SSSR count). The van der Waals surface area contributed by atoms with Crippen LogP contribution in [0.25, 0.3) is 0 Å². The molecular weight excluding hydrogens is 314 g/mol. The second-order valence-corrected chi connectivity index (χ2v) is 7.04. The molecule has 1 amide bonds. The summed E-state index contributed by atoms with van der Waals surface area (Å²) in [7, 11) is 1.69. The van der Waals surface area contributed by atoms with E-state index >= 15 is 0 Å². The van der Waals surface area contributed by atoms with Crippen molar-refractivity contribution in [3.63, 3.8) is 0 Å². The third-order valence-corrected chi connectivity index (χ3v) is 5.37. The van der Waals surface area contributed by atoms with Crippen molar-refractivity contribution in [2.45, 2.75) is 37.8 Å². The van der Waals surface area contributed by atoms with Gasteiger partial charge in [-0.3, -0.25) is 4.79 Å². The highest BCUT2D eigenvalue weighted by Crippen LogP contribution is 2.39. The van der Waals surface area contributed by atoms with Gasteiger partial charge in [-0.05, 0) is 55.0 Å². The fraction of sp³-hybridized carbons (Fsp3) is 0.381. The lowest BCUT2D eigenvalue weighted by molar-refractivity contribution is -0.0193. The topological polar surface area (TPSA) is 47.6 Å². The van der Waals surface area contributed by atoms with Gasteiger partial charge in [-0.25, -0.2) is 0 Å². The first-order valence-electron chi connectivity index (χ1n) is 8.91. The number of carbonyl (C=O) groups excluding carboxylic acids is 1. The number of hydrogen-bond donors (Lipinski definition) is 1. The Bertz CT molecular complexity index is 761. The summed E-state index contributed by atoms with van der Waals surface area (Å²) in [4.78, 5) is 12.4. The predicted octanol–water partition coefficient (Wildman–Crippen LogP) is 3.95. The minimum Gasteiger partial charge on any atom is -0.497 e. The van der Waals surface area contributed by atoms with E-state index in [1.165, 1.54) is 5.56 Å². The smallest absolute Gasteiger partial charge is 0.258 e. The maximum atomic E-state index is 12.4. The summed E-state index contributed by atoms with van der Waals surface area (Å²) in [6.45, 7) is 0. The number of carbonyl (C=O) groups is 1. The van der Waals surface area contributed by atoms with Crippen molar-refractivity contribution in [3.8, 4) is 11.5 Å². The van der Waals surface area contributed by atoms with E-state index in [2.05, 4.69) is 17.4 Å². The van der Waals surface area contributed by atoms with E-state index in [1.54, 1.807) is 7.11 Å². The highest BCUT2D eigenvalue weighted by molar-refractivity contribution is 5.98. The molecule has 1 saturated carbocycles. The van der Waals surface area contributed by atoms with Crippen LogP contribution in [0.5, 0.6) is 11.5 Å². The average Bonchev–Trinajstić information content (AvgIpc) is 2.64. The Morgan fingerprint density at radius 3 is 2.56 bits per heavy atom. The molecule has 0 radical (unpaired) electrons. The van der Waals surface area contributed by atoms with Gasteiger partial charge in [0.05, 0.1) is 12.7 Å². The molecule has 2 aromatic carbocycles. The number of fused-ring (bicyclic) bond motifs is 1. The molecule has 0 aromatic heterocycles.